The Labute approximate surface area is 139 Å². The van der Waals surface area contributed by atoms with Crippen LogP contribution >= 0.6 is 0 Å². The number of aryl methyl sites for hydroxylation is 1. The van der Waals surface area contributed by atoms with Crippen LogP contribution in [0.2, 0.25) is 0 Å². The van der Waals surface area contributed by atoms with Crippen molar-refractivity contribution < 1.29 is 9.32 Å². The number of fused-ring (bicyclic) bond motifs is 1. The zero-order valence-electron chi connectivity index (χ0n) is 13.8. The second kappa shape index (κ2) is 5.54. The second-order valence-corrected chi connectivity index (χ2v) is 6.61. The molecule has 126 valence electrons. The number of anilines is 1. The van der Waals surface area contributed by atoms with Gasteiger partial charge in [-0.25, -0.2) is 9.97 Å². The number of hydrogen-bond acceptors (Lipinski definition) is 7. The Morgan fingerprint density at radius 1 is 1.42 bits per heavy atom. The number of hydrogen-bond donors (Lipinski definition) is 1. The van der Waals surface area contributed by atoms with Gasteiger partial charge in [0.25, 0.3) is 5.91 Å². The van der Waals surface area contributed by atoms with Crippen molar-refractivity contribution in [3.05, 3.63) is 29.8 Å². The molecule has 0 aromatic carbocycles. The van der Waals surface area contributed by atoms with Crippen molar-refractivity contribution in [2.75, 3.05) is 25.5 Å². The highest BCUT2D eigenvalue weighted by atomic mass is 16.5. The fourth-order valence-electron chi connectivity index (χ4n) is 4.02. The Bertz CT molecular complexity index is 758. The summed E-state index contributed by atoms with van der Waals surface area (Å²) in [5, 5.41) is 6.84. The molecule has 1 N–H and O–H groups in total. The maximum Gasteiger partial charge on any atom is 0.274 e. The summed E-state index contributed by atoms with van der Waals surface area (Å²) < 4.78 is 5.48. The Morgan fingerprint density at radius 2 is 2.29 bits per heavy atom. The minimum atomic E-state index is -0.199. The molecule has 1 aliphatic carbocycles. The number of aromatic nitrogens is 4. The molecule has 8 heteroatoms. The van der Waals surface area contributed by atoms with Crippen LogP contribution < -0.4 is 5.32 Å². The van der Waals surface area contributed by atoms with Gasteiger partial charge < -0.3 is 14.7 Å². The molecule has 8 nitrogen and oxygen atoms in total. The summed E-state index contributed by atoms with van der Waals surface area (Å²) in [5.74, 6) is 2.24. The van der Waals surface area contributed by atoms with Crippen LogP contribution in [0.4, 0.5) is 5.82 Å². The molecule has 0 unspecified atom stereocenters. The highest BCUT2D eigenvalue weighted by Gasteiger charge is 2.55. The molecule has 0 spiro atoms. The summed E-state index contributed by atoms with van der Waals surface area (Å²) in [4.78, 5) is 27.5. The summed E-state index contributed by atoms with van der Waals surface area (Å²) in [6.45, 7) is 3.13. The monoisotopic (exact) mass is 328 g/mol. The van der Waals surface area contributed by atoms with E-state index < -0.39 is 0 Å². The van der Waals surface area contributed by atoms with Crippen LogP contribution in [-0.4, -0.2) is 51.1 Å². The largest absolute Gasteiger partial charge is 0.372 e. The lowest BCUT2D eigenvalue weighted by atomic mass is 9.80. The van der Waals surface area contributed by atoms with E-state index in [1.165, 1.54) is 6.20 Å². The van der Waals surface area contributed by atoms with E-state index >= 15 is 0 Å². The molecule has 4 rings (SSSR count). The topological polar surface area (TPSA) is 97.0 Å². The van der Waals surface area contributed by atoms with E-state index in [-0.39, 0.29) is 11.3 Å². The molecule has 2 atom stereocenters. The Hall–Kier alpha value is -2.51. The van der Waals surface area contributed by atoms with E-state index in [9.17, 15) is 4.79 Å². The normalized spacial score (nSPS) is 25.8. The maximum absolute atomic E-state index is 12.8. The molecule has 0 bridgehead atoms. The molecule has 3 heterocycles. The molecule has 2 aliphatic rings. The second-order valence-electron chi connectivity index (χ2n) is 6.61. The maximum atomic E-state index is 12.8. The summed E-state index contributed by atoms with van der Waals surface area (Å²) in [7, 11) is 1.77. The van der Waals surface area contributed by atoms with E-state index in [0.29, 0.717) is 42.2 Å². The summed E-state index contributed by atoms with van der Waals surface area (Å²) in [6.07, 6.45) is 6.28. The molecular weight excluding hydrogens is 308 g/mol. The average Bonchev–Trinajstić information content (AvgIpc) is 3.28. The van der Waals surface area contributed by atoms with Gasteiger partial charge in [-0.05, 0) is 25.7 Å². The van der Waals surface area contributed by atoms with Crippen LogP contribution in [0.15, 0.2) is 16.9 Å². The zero-order chi connectivity index (χ0) is 16.7. The third-order valence-corrected chi connectivity index (χ3v) is 5.24. The minimum absolute atomic E-state index is 0.0878. The molecule has 24 heavy (non-hydrogen) atoms. The average molecular weight is 328 g/mol. The number of rotatable bonds is 3. The van der Waals surface area contributed by atoms with Gasteiger partial charge in [-0.3, -0.25) is 4.79 Å². The van der Waals surface area contributed by atoms with Crippen LogP contribution in [0, 0.1) is 12.8 Å². The first kappa shape index (κ1) is 15.0. The third kappa shape index (κ3) is 2.24. The summed E-state index contributed by atoms with van der Waals surface area (Å²) in [6, 6.07) is 0. The number of carbonyl (C=O) groups excluding carboxylic acids is 1. The lowest BCUT2D eigenvalue weighted by Gasteiger charge is -2.24. The molecule has 1 amide bonds. The van der Waals surface area contributed by atoms with Crippen molar-refractivity contribution in [1.82, 2.24) is 25.0 Å². The standard InChI is InChI=1S/C16H20N6O2/c1-10-20-15(24-21-10)16-5-3-4-11(16)8-22(9-16)14(23)12-6-19-13(17-2)7-18-12/h6-7,11H,3-5,8-9H2,1-2H3,(H,17,19)/t11-,16-/m0/s1. The van der Waals surface area contributed by atoms with Gasteiger partial charge in [-0.15, -0.1) is 0 Å². The van der Waals surface area contributed by atoms with Crippen molar-refractivity contribution >= 4 is 11.7 Å². The molecule has 2 aromatic rings. The zero-order valence-corrected chi connectivity index (χ0v) is 13.8. The van der Waals surface area contributed by atoms with Gasteiger partial charge in [0.2, 0.25) is 5.89 Å². The van der Waals surface area contributed by atoms with Crippen LogP contribution in [0.25, 0.3) is 0 Å². The SMILES string of the molecule is CNc1cnc(C(=O)N2C[C@@H]3CCC[C@]3(c3nc(C)no3)C2)cn1. The number of likely N-dealkylation sites (tertiary alicyclic amines) is 1. The van der Waals surface area contributed by atoms with Crippen LogP contribution in [-0.2, 0) is 5.41 Å². The Morgan fingerprint density at radius 3 is 2.96 bits per heavy atom. The predicted octanol–water partition coefficient (Wildman–Crippen LogP) is 1.40. The third-order valence-electron chi connectivity index (χ3n) is 5.24. The van der Waals surface area contributed by atoms with E-state index in [1.54, 1.807) is 13.2 Å². The van der Waals surface area contributed by atoms with Crippen molar-refractivity contribution in [1.29, 1.82) is 0 Å². The fraction of sp³-hybridized carbons (Fsp3) is 0.562. The van der Waals surface area contributed by atoms with Gasteiger partial charge in [-0.2, -0.15) is 4.98 Å². The van der Waals surface area contributed by atoms with Crippen molar-refractivity contribution in [2.24, 2.45) is 5.92 Å². The molecule has 1 aliphatic heterocycles. The predicted molar refractivity (Wildman–Crippen MR) is 85.5 cm³/mol. The highest BCUT2D eigenvalue weighted by molar-refractivity contribution is 5.92. The van der Waals surface area contributed by atoms with Crippen LogP contribution in [0.1, 0.15) is 41.5 Å². The quantitative estimate of drug-likeness (QED) is 0.909. The molecule has 1 saturated heterocycles. The first-order chi connectivity index (χ1) is 11.6. The number of carbonyl (C=O) groups is 1. The van der Waals surface area contributed by atoms with Crippen LogP contribution in [0.5, 0.6) is 0 Å². The molecule has 1 saturated carbocycles. The lowest BCUT2D eigenvalue weighted by molar-refractivity contribution is 0.0768. The van der Waals surface area contributed by atoms with Gasteiger partial charge in [0, 0.05) is 20.1 Å². The summed E-state index contributed by atoms with van der Waals surface area (Å²) in [5.41, 5.74) is 0.167. The first-order valence-corrected chi connectivity index (χ1v) is 8.22. The van der Waals surface area contributed by atoms with Crippen molar-refractivity contribution in [2.45, 2.75) is 31.6 Å². The van der Waals surface area contributed by atoms with Gasteiger partial charge in [0.05, 0.1) is 17.8 Å². The number of nitrogens with zero attached hydrogens (tertiary/aromatic N) is 5. The molecule has 2 fully saturated rings. The Kier molecular flexibility index (Phi) is 3.47. The fourth-order valence-corrected chi connectivity index (χ4v) is 4.02. The molecule has 2 aromatic heterocycles. The van der Waals surface area contributed by atoms with E-state index in [2.05, 4.69) is 25.4 Å². The number of amides is 1. The lowest BCUT2D eigenvalue weighted by Crippen LogP contribution is -2.35. The van der Waals surface area contributed by atoms with E-state index in [0.717, 1.165) is 19.3 Å². The van der Waals surface area contributed by atoms with Gasteiger partial charge >= 0.3 is 0 Å². The van der Waals surface area contributed by atoms with E-state index in [1.807, 2.05) is 11.8 Å². The summed E-state index contributed by atoms with van der Waals surface area (Å²) >= 11 is 0. The van der Waals surface area contributed by atoms with E-state index in [4.69, 9.17) is 4.52 Å². The van der Waals surface area contributed by atoms with Gasteiger partial charge in [0.1, 0.15) is 11.5 Å². The molecule has 0 radical (unpaired) electrons. The minimum Gasteiger partial charge on any atom is -0.372 e. The van der Waals surface area contributed by atoms with Crippen molar-refractivity contribution in [3.63, 3.8) is 0 Å². The van der Waals surface area contributed by atoms with Gasteiger partial charge in [-0.1, -0.05) is 11.6 Å². The Balaban J connectivity index is 1.59. The highest BCUT2D eigenvalue weighted by Crippen LogP contribution is 2.50. The van der Waals surface area contributed by atoms with Gasteiger partial charge in [0.15, 0.2) is 5.82 Å². The number of nitrogens with one attached hydrogen (secondary N) is 1. The van der Waals surface area contributed by atoms with Crippen LogP contribution in [0.3, 0.4) is 0 Å². The smallest absolute Gasteiger partial charge is 0.274 e. The van der Waals surface area contributed by atoms with Crippen molar-refractivity contribution in [3.8, 4) is 0 Å². The molecular formula is C16H20N6O2. The first-order valence-electron chi connectivity index (χ1n) is 8.22.